The highest BCUT2D eigenvalue weighted by Gasteiger charge is 2.22. The summed E-state index contributed by atoms with van der Waals surface area (Å²) in [4.78, 5) is 15.3. The molecule has 7 heteroatoms. The van der Waals surface area contributed by atoms with Gasteiger partial charge in [-0.15, -0.1) is 11.3 Å². The van der Waals surface area contributed by atoms with Crippen LogP contribution in [0.5, 0.6) is 0 Å². The van der Waals surface area contributed by atoms with Crippen molar-refractivity contribution in [2.24, 2.45) is 0 Å². The van der Waals surface area contributed by atoms with Crippen LogP contribution >= 0.6 is 11.3 Å². The van der Waals surface area contributed by atoms with Crippen molar-refractivity contribution in [2.45, 2.75) is 12.1 Å². The summed E-state index contributed by atoms with van der Waals surface area (Å²) in [7, 11) is 1.70. The molecule has 4 nitrogen and oxygen atoms in total. The number of aliphatic hydroxyl groups is 1. The zero-order chi connectivity index (χ0) is 20.8. The van der Waals surface area contributed by atoms with Gasteiger partial charge in [-0.25, -0.2) is 8.78 Å². The topological polar surface area (TPSA) is 52.6 Å². The number of nitrogens with one attached hydrogen (secondary N) is 1. The summed E-state index contributed by atoms with van der Waals surface area (Å²) >= 11 is 1.50. The summed E-state index contributed by atoms with van der Waals surface area (Å²) < 4.78 is 26.8. The minimum atomic E-state index is -0.512. The van der Waals surface area contributed by atoms with Crippen molar-refractivity contribution in [1.29, 1.82) is 0 Å². The Morgan fingerprint density at radius 3 is 2.45 bits per heavy atom. The molecule has 3 rings (SSSR count). The van der Waals surface area contributed by atoms with Crippen molar-refractivity contribution >= 4 is 17.2 Å². The SMILES string of the molecule is CN(CC(=O)N[C@H](c1ccc(F)cc1)c1cccs1)[C@@H](CO)c1cccc(F)c1. The van der Waals surface area contributed by atoms with E-state index in [1.807, 2.05) is 17.5 Å². The molecule has 0 bridgehead atoms. The number of likely N-dealkylation sites (N-methyl/N-ethyl adjacent to an activating group) is 1. The van der Waals surface area contributed by atoms with Gasteiger partial charge >= 0.3 is 0 Å². The molecule has 0 radical (unpaired) electrons. The van der Waals surface area contributed by atoms with Gasteiger partial charge in [-0.05, 0) is 53.9 Å². The van der Waals surface area contributed by atoms with Gasteiger partial charge in [0.2, 0.25) is 5.91 Å². The number of thiophene rings is 1. The first-order valence-corrected chi connectivity index (χ1v) is 10.0. The lowest BCUT2D eigenvalue weighted by Crippen LogP contribution is -2.39. The van der Waals surface area contributed by atoms with Crippen molar-refractivity contribution in [1.82, 2.24) is 10.2 Å². The largest absolute Gasteiger partial charge is 0.394 e. The van der Waals surface area contributed by atoms with Gasteiger partial charge in [0.15, 0.2) is 0 Å². The molecular formula is C22H22F2N2O2S. The highest BCUT2D eigenvalue weighted by atomic mass is 32.1. The summed E-state index contributed by atoms with van der Waals surface area (Å²) in [6.45, 7) is -0.246. The van der Waals surface area contributed by atoms with Crippen LogP contribution in [0, 0.1) is 11.6 Å². The molecule has 0 fully saturated rings. The van der Waals surface area contributed by atoms with Crippen LogP contribution in [0.3, 0.4) is 0 Å². The molecule has 0 saturated heterocycles. The third kappa shape index (κ3) is 5.47. The maximum absolute atomic E-state index is 13.5. The molecule has 0 spiro atoms. The van der Waals surface area contributed by atoms with Crippen LogP contribution in [0.25, 0.3) is 0 Å². The zero-order valence-electron chi connectivity index (χ0n) is 15.9. The number of halogens is 2. The first-order valence-electron chi connectivity index (χ1n) is 9.12. The molecule has 1 amide bonds. The molecule has 2 aromatic carbocycles. The number of amides is 1. The predicted molar refractivity (Wildman–Crippen MR) is 110 cm³/mol. The number of nitrogens with zero attached hydrogens (tertiary/aromatic N) is 1. The van der Waals surface area contributed by atoms with Crippen LogP contribution in [-0.4, -0.2) is 36.1 Å². The van der Waals surface area contributed by atoms with E-state index in [-0.39, 0.29) is 24.9 Å². The van der Waals surface area contributed by atoms with E-state index in [1.54, 1.807) is 36.2 Å². The fraction of sp³-hybridized carbons (Fsp3) is 0.227. The summed E-state index contributed by atoms with van der Waals surface area (Å²) in [5.74, 6) is -0.997. The van der Waals surface area contributed by atoms with E-state index in [0.29, 0.717) is 5.56 Å². The van der Waals surface area contributed by atoms with Crippen molar-refractivity contribution in [3.05, 3.63) is 93.7 Å². The summed E-state index contributed by atoms with van der Waals surface area (Å²) in [6, 6.07) is 14.9. The first kappa shape index (κ1) is 21.1. The van der Waals surface area contributed by atoms with Crippen LogP contribution in [0.15, 0.2) is 66.0 Å². The maximum Gasteiger partial charge on any atom is 0.234 e. The lowest BCUT2D eigenvalue weighted by atomic mass is 10.0. The third-order valence-electron chi connectivity index (χ3n) is 4.67. The lowest BCUT2D eigenvalue weighted by Gasteiger charge is -2.27. The second-order valence-corrected chi connectivity index (χ2v) is 7.72. The van der Waals surface area contributed by atoms with Crippen LogP contribution in [0.2, 0.25) is 0 Å². The fourth-order valence-electron chi connectivity index (χ4n) is 3.19. The van der Waals surface area contributed by atoms with Gasteiger partial charge in [-0.1, -0.05) is 30.3 Å². The van der Waals surface area contributed by atoms with E-state index in [4.69, 9.17) is 0 Å². The number of hydrogen-bond donors (Lipinski definition) is 2. The van der Waals surface area contributed by atoms with E-state index in [2.05, 4.69) is 5.32 Å². The molecule has 1 heterocycles. The average molecular weight is 416 g/mol. The highest BCUT2D eigenvalue weighted by Crippen LogP contribution is 2.26. The van der Waals surface area contributed by atoms with Crippen LogP contribution < -0.4 is 5.32 Å². The number of carbonyl (C=O) groups is 1. The Morgan fingerprint density at radius 1 is 1.07 bits per heavy atom. The van der Waals surface area contributed by atoms with Gasteiger partial charge in [0.1, 0.15) is 11.6 Å². The van der Waals surface area contributed by atoms with Gasteiger partial charge in [-0.2, -0.15) is 0 Å². The van der Waals surface area contributed by atoms with Crippen molar-refractivity contribution in [2.75, 3.05) is 20.2 Å². The predicted octanol–water partition coefficient (Wildman–Crippen LogP) is 3.90. The standard InChI is InChI=1S/C22H22F2N2O2S/c1-26(19(14-27)16-4-2-5-18(24)12-16)13-21(28)25-22(20-6-3-11-29-20)15-7-9-17(23)10-8-15/h2-12,19,22,27H,13-14H2,1H3,(H,25,28)/t19-,22+/m0/s1. The quantitative estimate of drug-likeness (QED) is 0.586. The molecule has 1 aromatic heterocycles. The molecule has 0 aliphatic heterocycles. The van der Waals surface area contributed by atoms with Gasteiger partial charge < -0.3 is 10.4 Å². The van der Waals surface area contributed by atoms with Crippen molar-refractivity contribution in [3.8, 4) is 0 Å². The molecule has 3 aromatic rings. The van der Waals surface area contributed by atoms with E-state index in [9.17, 15) is 18.7 Å². The second kappa shape index (κ2) is 9.73. The number of carbonyl (C=O) groups excluding carboxylic acids is 1. The summed E-state index contributed by atoms with van der Waals surface area (Å²) in [5, 5.41) is 14.7. The van der Waals surface area contributed by atoms with E-state index in [0.717, 1.165) is 10.4 Å². The Kier molecular flexibility index (Phi) is 7.09. The number of aliphatic hydroxyl groups excluding tert-OH is 1. The van der Waals surface area contributed by atoms with Crippen LogP contribution in [0.1, 0.15) is 28.1 Å². The Morgan fingerprint density at radius 2 is 1.83 bits per heavy atom. The minimum absolute atomic E-state index is 0.00477. The highest BCUT2D eigenvalue weighted by molar-refractivity contribution is 7.10. The third-order valence-corrected chi connectivity index (χ3v) is 5.60. The second-order valence-electron chi connectivity index (χ2n) is 6.74. The van der Waals surface area contributed by atoms with E-state index >= 15 is 0 Å². The average Bonchev–Trinajstić information content (AvgIpc) is 3.22. The fourth-order valence-corrected chi connectivity index (χ4v) is 3.99. The molecular weight excluding hydrogens is 394 g/mol. The monoisotopic (exact) mass is 416 g/mol. The van der Waals surface area contributed by atoms with Crippen LogP contribution in [0.4, 0.5) is 8.78 Å². The number of hydrogen-bond acceptors (Lipinski definition) is 4. The summed E-state index contributed by atoms with van der Waals surface area (Å²) in [6.07, 6.45) is 0. The Labute approximate surface area is 172 Å². The van der Waals surface area contributed by atoms with Gasteiger partial charge in [-0.3, -0.25) is 9.69 Å². The van der Waals surface area contributed by atoms with Gasteiger partial charge in [0.25, 0.3) is 0 Å². The molecule has 0 aliphatic carbocycles. The van der Waals surface area contributed by atoms with Gasteiger partial charge in [0, 0.05) is 4.88 Å². The Bertz CT molecular complexity index is 932. The minimum Gasteiger partial charge on any atom is -0.394 e. The van der Waals surface area contributed by atoms with E-state index in [1.165, 1.54) is 35.6 Å². The number of benzene rings is 2. The van der Waals surface area contributed by atoms with Crippen molar-refractivity contribution in [3.63, 3.8) is 0 Å². The molecule has 2 atom stereocenters. The Hall–Kier alpha value is -2.61. The normalized spacial score (nSPS) is 13.3. The smallest absolute Gasteiger partial charge is 0.234 e. The molecule has 0 unspecified atom stereocenters. The molecule has 29 heavy (non-hydrogen) atoms. The van der Waals surface area contributed by atoms with Gasteiger partial charge in [0.05, 0.1) is 25.2 Å². The van der Waals surface area contributed by atoms with Crippen LogP contribution in [-0.2, 0) is 4.79 Å². The van der Waals surface area contributed by atoms with Crippen molar-refractivity contribution < 1.29 is 18.7 Å². The molecule has 0 aliphatic rings. The Balaban J connectivity index is 1.73. The number of rotatable bonds is 8. The maximum atomic E-state index is 13.5. The van der Waals surface area contributed by atoms with E-state index < -0.39 is 17.9 Å². The summed E-state index contributed by atoms with van der Waals surface area (Å²) in [5.41, 5.74) is 1.37. The molecule has 2 N–H and O–H groups in total. The zero-order valence-corrected chi connectivity index (χ0v) is 16.7. The molecule has 152 valence electrons. The first-order chi connectivity index (χ1) is 14.0. The molecule has 0 saturated carbocycles. The lowest BCUT2D eigenvalue weighted by molar-refractivity contribution is -0.123.